The Morgan fingerprint density at radius 3 is 2.82 bits per heavy atom. The number of aliphatic hydroxyl groups excluding tert-OH is 1. The molecule has 5 heteroatoms. The van der Waals surface area contributed by atoms with Gasteiger partial charge in [0.1, 0.15) is 5.82 Å². The molecule has 0 amide bonds. The van der Waals surface area contributed by atoms with Crippen LogP contribution in [0.4, 0.5) is 0 Å². The van der Waals surface area contributed by atoms with Crippen molar-refractivity contribution in [2.75, 3.05) is 13.2 Å². The molecule has 3 rings (SSSR count). The Morgan fingerprint density at radius 1 is 1.23 bits per heavy atom. The van der Waals surface area contributed by atoms with Gasteiger partial charge in [0.25, 0.3) is 0 Å². The molecule has 118 valence electrons. The average molecular weight is 300 g/mol. The van der Waals surface area contributed by atoms with Crippen molar-refractivity contribution >= 4 is 0 Å². The SMILES string of the molecule is Cn1c(CN2CCCC2CCCO)nnc1-c1ccccc1. The number of nitrogens with zero attached hydrogens (tertiary/aromatic N) is 4. The molecular weight excluding hydrogens is 276 g/mol. The fourth-order valence-electron chi connectivity index (χ4n) is 3.28. The van der Waals surface area contributed by atoms with Gasteiger partial charge in [0.05, 0.1) is 6.54 Å². The number of aliphatic hydroxyl groups is 1. The predicted molar refractivity (Wildman–Crippen MR) is 86.2 cm³/mol. The van der Waals surface area contributed by atoms with Gasteiger partial charge >= 0.3 is 0 Å². The highest BCUT2D eigenvalue weighted by molar-refractivity contribution is 5.54. The topological polar surface area (TPSA) is 54.2 Å². The van der Waals surface area contributed by atoms with Gasteiger partial charge in [-0.1, -0.05) is 30.3 Å². The first-order valence-electron chi connectivity index (χ1n) is 8.08. The summed E-state index contributed by atoms with van der Waals surface area (Å²) in [5.74, 6) is 1.93. The summed E-state index contributed by atoms with van der Waals surface area (Å²) in [6.45, 7) is 2.24. The van der Waals surface area contributed by atoms with Gasteiger partial charge in [-0.15, -0.1) is 10.2 Å². The lowest BCUT2D eigenvalue weighted by molar-refractivity contribution is 0.205. The molecule has 0 aliphatic carbocycles. The second-order valence-corrected chi connectivity index (χ2v) is 6.00. The van der Waals surface area contributed by atoms with Crippen LogP contribution in [0.2, 0.25) is 0 Å². The summed E-state index contributed by atoms with van der Waals surface area (Å²) < 4.78 is 2.09. The molecule has 2 aromatic rings. The van der Waals surface area contributed by atoms with Gasteiger partial charge in [-0.25, -0.2) is 0 Å². The van der Waals surface area contributed by atoms with Gasteiger partial charge in [0.2, 0.25) is 0 Å². The molecule has 1 aliphatic heterocycles. The summed E-state index contributed by atoms with van der Waals surface area (Å²) in [5, 5.41) is 17.8. The lowest BCUT2D eigenvalue weighted by Crippen LogP contribution is -2.30. The maximum absolute atomic E-state index is 9.03. The van der Waals surface area contributed by atoms with Gasteiger partial charge in [-0.3, -0.25) is 4.90 Å². The van der Waals surface area contributed by atoms with Gasteiger partial charge in [0.15, 0.2) is 5.82 Å². The summed E-state index contributed by atoms with van der Waals surface area (Å²) in [4.78, 5) is 2.48. The van der Waals surface area contributed by atoms with Crippen LogP contribution in [0.25, 0.3) is 11.4 Å². The van der Waals surface area contributed by atoms with E-state index in [1.54, 1.807) is 0 Å². The molecule has 1 aromatic heterocycles. The molecule has 1 aromatic carbocycles. The van der Waals surface area contributed by atoms with E-state index in [9.17, 15) is 0 Å². The monoisotopic (exact) mass is 300 g/mol. The van der Waals surface area contributed by atoms with Crippen molar-refractivity contribution in [3.63, 3.8) is 0 Å². The van der Waals surface area contributed by atoms with Gasteiger partial charge < -0.3 is 9.67 Å². The van der Waals surface area contributed by atoms with Crippen molar-refractivity contribution in [2.24, 2.45) is 7.05 Å². The molecule has 1 aliphatic rings. The molecule has 1 N–H and O–H groups in total. The van der Waals surface area contributed by atoms with E-state index < -0.39 is 0 Å². The maximum Gasteiger partial charge on any atom is 0.163 e. The van der Waals surface area contributed by atoms with E-state index in [0.717, 1.165) is 43.1 Å². The summed E-state index contributed by atoms with van der Waals surface area (Å²) in [6, 6.07) is 10.8. The van der Waals surface area contributed by atoms with Crippen molar-refractivity contribution in [3.05, 3.63) is 36.2 Å². The molecule has 1 saturated heterocycles. The van der Waals surface area contributed by atoms with Crippen LogP contribution >= 0.6 is 0 Å². The zero-order chi connectivity index (χ0) is 15.4. The molecule has 0 bridgehead atoms. The largest absolute Gasteiger partial charge is 0.396 e. The molecular formula is C17H24N4O. The Hall–Kier alpha value is -1.72. The van der Waals surface area contributed by atoms with Crippen LogP contribution < -0.4 is 0 Å². The number of hydrogen-bond acceptors (Lipinski definition) is 4. The van der Waals surface area contributed by atoms with Crippen LogP contribution in [0.5, 0.6) is 0 Å². The van der Waals surface area contributed by atoms with E-state index >= 15 is 0 Å². The van der Waals surface area contributed by atoms with Crippen LogP contribution in [0.1, 0.15) is 31.5 Å². The number of likely N-dealkylation sites (tertiary alicyclic amines) is 1. The average Bonchev–Trinajstić information content (AvgIpc) is 3.14. The van der Waals surface area contributed by atoms with Crippen LogP contribution in [-0.2, 0) is 13.6 Å². The fourth-order valence-corrected chi connectivity index (χ4v) is 3.28. The standard InChI is InChI=1S/C17H24N4O/c1-20-16(13-21-11-5-9-15(21)10-6-12-22)18-19-17(20)14-7-3-2-4-8-14/h2-4,7-8,15,22H,5-6,9-13H2,1H3. The summed E-state index contributed by atoms with van der Waals surface area (Å²) >= 11 is 0. The zero-order valence-corrected chi connectivity index (χ0v) is 13.1. The molecule has 1 unspecified atom stereocenters. The lowest BCUT2D eigenvalue weighted by Gasteiger charge is -2.23. The molecule has 0 saturated carbocycles. The van der Waals surface area contributed by atoms with E-state index in [1.165, 1.54) is 12.8 Å². The van der Waals surface area contributed by atoms with Crippen LogP contribution in [0.3, 0.4) is 0 Å². The first kappa shape index (κ1) is 15.2. The van der Waals surface area contributed by atoms with E-state index in [1.807, 2.05) is 25.2 Å². The molecule has 2 heterocycles. The summed E-state index contributed by atoms with van der Waals surface area (Å²) in [5.41, 5.74) is 1.10. The minimum atomic E-state index is 0.284. The molecule has 0 spiro atoms. The quantitative estimate of drug-likeness (QED) is 0.889. The number of benzene rings is 1. The third-order valence-electron chi connectivity index (χ3n) is 4.54. The van der Waals surface area contributed by atoms with Crippen molar-refractivity contribution in [1.82, 2.24) is 19.7 Å². The van der Waals surface area contributed by atoms with Crippen LogP contribution in [-0.4, -0.2) is 44.0 Å². The highest BCUT2D eigenvalue weighted by Gasteiger charge is 2.25. The molecule has 1 atom stereocenters. The second-order valence-electron chi connectivity index (χ2n) is 6.00. The third kappa shape index (κ3) is 3.20. The fraction of sp³-hybridized carbons (Fsp3) is 0.529. The van der Waals surface area contributed by atoms with Crippen LogP contribution in [0.15, 0.2) is 30.3 Å². The van der Waals surface area contributed by atoms with Crippen molar-refractivity contribution in [3.8, 4) is 11.4 Å². The van der Waals surface area contributed by atoms with Gasteiger partial charge in [0, 0.05) is 25.3 Å². The highest BCUT2D eigenvalue weighted by atomic mass is 16.2. The van der Waals surface area contributed by atoms with E-state index in [4.69, 9.17) is 5.11 Å². The first-order valence-corrected chi connectivity index (χ1v) is 8.08. The molecule has 22 heavy (non-hydrogen) atoms. The Bertz CT molecular complexity index is 596. The Morgan fingerprint density at radius 2 is 2.05 bits per heavy atom. The Kier molecular flexibility index (Phi) is 4.85. The van der Waals surface area contributed by atoms with Crippen LogP contribution in [0, 0.1) is 0 Å². The smallest absolute Gasteiger partial charge is 0.163 e. The Labute approximate surface area is 131 Å². The Balaban J connectivity index is 1.72. The number of rotatable bonds is 6. The first-order chi connectivity index (χ1) is 10.8. The normalized spacial score (nSPS) is 18.9. The van der Waals surface area contributed by atoms with E-state index in [2.05, 4.69) is 31.8 Å². The van der Waals surface area contributed by atoms with Crippen molar-refractivity contribution in [1.29, 1.82) is 0 Å². The maximum atomic E-state index is 9.03. The van der Waals surface area contributed by atoms with Gasteiger partial charge in [-0.05, 0) is 32.2 Å². The minimum absolute atomic E-state index is 0.284. The predicted octanol–water partition coefficient (Wildman–Crippen LogP) is 2.22. The number of hydrogen-bond donors (Lipinski definition) is 1. The molecule has 1 fully saturated rings. The molecule has 0 radical (unpaired) electrons. The lowest BCUT2D eigenvalue weighted by atomic mass is 10.1. The minimum Gasteiger partial charge on any atom is -0.396 e. The highest BCUT2D eigenvalue weighted by Crippen LogP contribution is 2.24. The molecule has 5 nitrogen and oxygen atoms in total. The van der Waals surface area contributed by atoms with Crippen molar-refractivity contribution in [2.45, 2.75) is 38.3 Å². The van der Waals surface area contributed by atoms with E-state index in [0.29, 0.717) is 6.04 Å². The van der Waals surface area contributed by atoms with Crippen molar-refractivity contribution < 1.29 is 5.11 Å². The second kappa shape index (κ2) is 7.03. The van der Waals surface area contributed by atoms with Gasteiger partial charge in [-0.2, -0.15) is 0 Å². The number of aromatic nitrogens is 3. The van der Waals surface area contributed by atoms with E-state index in [-0.39, 0.29) is 6.61 Å². The summed E-state index contributed by atoms with van der Waals surface area (Å²) in [7, 11) is 2.04. The zero-order valence-electron chi connectivity index (χ0n) is 13.1. The third-order valence-corrected chi connectivity index (χ3v) is 4.54. The summed E-state index contributed by atoms with van der Waals surface area (Å²) in [6.07, 6.45) is 4.41.